The van der Waals surface area contributed by atoms with Crippen molar-refractivity contribution in [2.75, 3.05) is 140 Å². The summed E-state index contributed by atoms with van der Waals surface area (Å²) in [4.78, 5) is 168. The summed E-state index contributed by atoms with van der Waals surface area (Å²) in [6, 6.07) is 28.0. The summed E-state index contributed by atoms with van der Waals surface area (Å²) in [6.45, 7) is 21.1. The van der Waals surface area contributed by atoms with Crippen molar-refractivity contribution >= 4 is 84.1 Å². The molecule has 3 aromatic carbocycles. The Balaban J connectivity index is 0.000000949. The van der Waals surface area contributed by atoms with Crippen LogP contribution in [0.2, 0.25) is 0 Å². The fraction of sp³-hybridized carbons (Fsp3) is 0.683. The minimum absolute atomic E-state index is 0.0153. The summed E-state index contributed by atoms with van der Waals surface area (Å²) < 4.78 is 94.9. The van der Waals surface area contributed by atoms with Crippen LogP contribution in [0.3, 0.4) is 0 Å². The standard InChI is InChI=1S/C43H68O14.C18H32O5.C16H22O5.C9H14O6.C8H12O5.C7H8O/c1-7-9-10-11-12-13-14-18-27-53-38(48)41(3,31-44)24-21-36(46)57-33-43(5,40(50)54-29-28-51-6)26-23-37(47)56-32-42(4,39(49)52-8-2)25-22-35(45)55-30-34-19-16-15-17-20-34;1-3-4-5-6-7-8-9-10-11-12-13-21-16(19)18(2)14-22-17(20)23-15-18;1-3-20-15(19)16(2,12-17)10-9-14(18)21-11-13-7-5-4-6-8-13;1-9(5-14-8(11)15-6-9)7(10)13-4-3-12-2;1-3-11-6(9)8(2)4-12-7(10)13-5-8;8-6-7-4-2-1-3-5-7/h15-17,19-20,44H,7-14,18,21-33H2,1-6H3;3-15H2,1-2H3;4-8,17H,3,9-12H2,1-2H3;3-6H2,1-2H3;3-5H2,1-2H3;1-5,8H,6H2. The summed E-state index contributed by atoms with van der Waals surface area (Å²) in [7, 11) is 2.95. The van der Waals surface area contributed by atoms with Crippen LogP contribution >= 0.6 is 0 Å². The Bertz CT molecular complexity index is 3900. The highest BCUT2D eigenvalue weighted by Crippen LogP contribution is 2.33. The van der Waals surface area contributed by atoms with Gasteiger partial charge in [-0.1, -0.05) is 208 Å². The number of methoxy groups -OCH3 is 2. The molecule has 3 aliphatic rings. The third-order valence-corrected chi connectivity index (χ3v) is 22.2. The quantitative estimate of drug-likeness (QED) is 0.0268. The van der Waals surface area contributed by atoms with Gasteiger partial charge >= 0.3 is 84.1 Å². The first-order valence-corrected chi connectivity index (χ1v) is 47.5. The van der Waals surface area contributed by atoms with Gasteiger partial charge in [-0.25, -0.2) is 14.4 Å². The van der Waals surface area contributed by atoms with Crippen molar-refractivity contribution < 1.29 is 172 Å². The van der Waals surface area contributed by atoms with Crippen LogP contribution in [0.5, 0.6) is 0 Å². The van der Waals surface area contributed by atoms with E-state index in [1.54, 1.807) is 48.5 Å². The Morgan fingerprint density at radius 3 is 0.869 bits per heavy atom. The molecule has 3 aromatic rings. The summed E-state index contributed by atoms with van der Waals surface area (Å²) >= 11 is 0. The number of carbonyl (C=O) groups excluding carboxylic acids is 14. The van der Waals surface area contributed by atoms with Crippen molar-refractivity contribution in [2.24, 2.45) is 37.9 Å². The van der Waals surface area contributed by atoms with Crippen molar-refractivity contribution in [1.82, 2.24) is 0 Å². The number of aliphatic hydroxyl groups is 3. The fourth-order valence-electron chi connectivity index (χ4n) is 12.4. The molecule has 4 unspecified atom stereocenters. The molecule has 6 rings (SSSR count). The number of hydrogen-bond acceptors (Lipinski definition) is 36. The van der Waals surface area contributed by atoms with E-state index in [-0.39, 0.29) is 163 Å². The molecule has 36 nitrogen and oxygen atoms in total. The van der Waals surface area contributed by atoms with E-state index in [1.165, 1.54) is 112 Å². The molecule has 776 valence electrons. The van der Waals surface area contributed by atoms with Gasteiger partial charge in [0, 0.05) is 39.9 Å². The summed E-state index contributed by atoms with van der Waals surface area (Å²) in [6.07, 6.45) is 18.3. The number of ether oxygens (including phenoxy) is 19. The number of cyclic esters (lactones) is 6. The number of aliphatic hydroxyl groups excluding tert-OH is 3. The summed E-state index contributed by atoms with van der Waals surface area (Å²) in [5.41, 5.74) is -5.20. The number of esters is 11. The van der Waals surface area contributed by atoms with Gasteiger partial charge in [0.1, 0.15) is 95.5 Å². The van der Waals surface area contributed by atoms with Crippen LogP contribution in [-0.2, 0) is 163 Å². The molecule has 3 heterocycles. The van der Waals surface area contributed by atoms with Gasteiger partial charge in [-0.3, -0.25) is 52.7 Å². The van der Waals surface area contributed by atoms with Crippen molar-refractivity contribution in [3.63, 3.8) is 0 Å². The first-order valence-electron chi connectivity index (χ1n) is 47.5. The van der Waals surface area contributed by atoms with Gasteiger partial charge in [0.15, 0.2) is 0 Å². The molecule has 0 bridgehead atoms. The van der Waals surface area contributed by atoms with Crippen molar-refractivity contribution in [3.05, 3.63) is 108 Å². The molecule has 0 spiro atoms. The van der Waals surface area contributed by atoms with E-state index in [0.717, 1.165) is 48.8 Å². The van der Waals surface area contributed by atoms with E-state index in [2.05, 4.69) is 32.8 Å². The molecule has 4 atom stereocenters. The monoisotopic (exact) mass is 1950 g/mol. The van der Waals surface area contributed by atoms with Gasteiger partial charge < -0.3 is 105 Å². The molecular formula is C101H156O36. The Hall–Kier alpha value is -10.6. The Labute approximate surface area is 808 Å². The van der Waals surface area contributed by atoms with Crippen molar-refractivity contribution in [3.8, 4) is 0 Å². The number of benzene rings is 3. The maximum Gasteiger partial charge on any atom is 0.508 e. The molecule has 3 aliphatic heterocycles. The van der Waals surface area contributed by atoms with Crippen molar-refractivity contribution in [2.45, 2.75) is 270 Å². The number of unbranched alkanes of at least 4 members (excludes halogenated alkanes) is 16. The molecule has 137 heavy (non-hydrogen) atoms. The highest BCUT2D eigenvalue weighted by molar-refractivity contribution is 5.83. The molecule has 0 radical (unpaired) electrons. The van der Waals surface area contributed by atoms with E-state index >= 15 is 0 Å². The first-order chi connectivity index (χ1) is 65.4. The maximum atomic E-state index is 13.2. The smallest absolute Gasteiger partial charge is 0.466 e. The van der Waals surface area contributed by atoms with Crippen LogP contribution in [0.25, 0.3) is 0 Å². The Kier molecular flexibility index (Phi) is 65.3. The van der Waals surface area contributed by atoms with Crippen LogP contribution in [0.1, 0.15) is 267 Å². The lowest BCUT2D eigenvalue weighted by Crippen LogP contribution is -2.44. The average Bonchev–Trinajstić information content (AvgIpc) is 0.838. The normalized spacial score (nSPS) is 15.2. The topological polar surface area (TPSA) is 475 Å². The lowest BCUT2D eigenvalue weighted by atomic mass is 9.85. The van der Waals surface area contributed by atoms with E-state index in [4.69, 9.17) is 76.2 Å². The van der Waals surface area contributed by atoms with E-state index in [9.17, 15) is 77.3 Å². The van der Waals surface area contributed by atoms with E-state index < -0.39 is 136 Å². The minimum Gasteiger partial charge on any atom is -0.466 e. The zero-order valence-corrected chi connectivity index (χ0v) is 83.4. The average molecular weight is 1950 g/mol. The summed E-state index contributed by atoms with van der Waals surface area (Å²) in [5.74, 6) is -6.10. The maximum absolute atomic E-state index is 13.2. The Morgan fingerprint density at radius 1 is 0.307 bits per heavy atom. The number of hydrogen-bond donors (Lipinski definition) is 3. The first kappa shape index (κ1) is 124. The second-order valence-corrected chi connectivity index (χ2v) is 35.3. The highest BCUT2D eigenvalue weighted by atomic mass is 16.8. The minimum atomic E-state index is -1.48. The van der Waals surface area contributed by atoms with Gasteiger partial charge in [0.05, 0.1) is 87.7 Å². The van der Waals surface area contributed by atoms with Crippen LogP contribution < -0.4 is 0 Å². The second-order valence-electron chi connectivity index (χ2n) is 35.3. The van der Waals surface area contributed by atoms with Gasteiger partial charge in [0.2, 0.25) is 0 Å². The zero-order valence-electron chi connectivity index (χ0n) is 83.4. The van der Waals surface area contributed by atoms with Crippen LogP contribution in [0.4, 0.5) is 14.4 Å². The van der Waals surface area contributed by atoms with E-state index in [1.807, 2.05) is 91.0 Å². The molecular weight excluding hydrogens is 1790 g/mol. The zero-order chi connectivity index (χ0) is 102. The lowest BCUT2D eigenvalue weighted by Gasteiger charge is -2.29. The molecule has 0 aromatic heterocycles. The summed E-state index contributed by atoms with van der Waals surface area (Å²) in [5, 5.41) is 27.9. The molecule has 0 aliphatic carbocycles. The molecule has 3 fully saturated rings. The third-order valence-electron chi connectivity index (χ3n) is 22.2. The molecule has 0 amide bonds. The van der Waals surface area contributed by atoms with E-state index in [0.29, 0.717) is 26.2 Å². The third kappa shape index (κ3) is 53.8. The molecule has 36 heteroatoms. The predicted octanol–water partition coefficient (Wildman–Crippen LogP) is 15.6. The number of carbonyl (C=O) groups is 14. The van der Waals surface area contributed by atoms with Crippen LogP contribution in [-0.4, -0.2) is 239 Å². The highest BCUT2D eigenvalue weighted by Gasteiger charge is 2.46. The largest absolute Gasteiger partial charge is 0.508 e. The fourth-order valence-corrected chi connectivity index (χ4v) is 12.4. The number of rotatable bonds is 59. The molecule has 3 saturated heterocycles. The lowest BCUT2D eigenvalue weighted by molar-refractivity contribution is -0.168. The van der Waals surface area contributed by atoms with Gasteiger partial charge in [-0.15, -0.1) is 0 Å². The van der Waals surface area contributed by atoms with Crippen molar-refractivity contribution in [1.29, 1.82) is 0 Å². The predicted molar refractivity (Wildman–Crippen MR) is 498 cm³/mol. The van der Waals surface area contributed by atoms with Gasteiger partial charge in [0.25, 0.3) is 0 Å². The Morgan fingerprint density at radius 2 is 0.562 bits per heavy atom. The SMILES string of the molecule is CCCCCCCCCCCCOC(=O)C1(C)COC(=O)OC1.CCCCCCCCCCOC(=O)C(C)(CO)CCC(=O)OCC(C)(CCC(=O)OCC(C)(CCC(=O)OCc1ccccc1)C(=O)OCC)C(=O)OCCOC.CCOC(=O)C(C)(CO)CCC(=O)OCc1ccccc1.CCOC(=O)C1(C)COC(=O)OC1.COCCOC(=O)C1(C)COC(=O)OC1.OCc1ccccc1. The van der Waals surface area contributed by atoms with Gasteiger partial charge in [-0.2, -0.15) is 0 Å². The second kappa shape index (κ2) is 71.8. The van der Waals surface area contributed by atoms with Gasteiger partial charge in [-0.05, 0) is 124 Å². The molecule has 3 N–H and O–H groups in total. The molecule has 0 saturated carbocycles. The van der Waals surface area contributed by atoms with Crippen LogP contribution in [0, 0.1) is 37.9 Å². The van der Waals surface area contributed by atoms with Crippen LogP contribution in [0.15, 0.2) is 91.0 Å².